The van der Waals surface area contributed by atoms with Crippen LogP contribution in [0.2, 0.25) is 0 Å². The van der Waals surface area contributed by atoms with Crippen molar-refractivity contribution in [2.45, 2.75) is 6.18 Å². The number of halogens is 3. The molecule has 0 saturated heterocycles. The number of aromatic nitrogens is 3. The van der Waals surface area contributed by atoms with E-state index in [1.165, 1.54) is 0 Å². The largest absolute Gasteiger partial charge is 0.478 e. The normalized spacial score (nSPS) is 12.3. The number of carboxylic acid groups (broad SMARTS) is 1. The van der Waals surface area contributed by atoms with Crippen LogP contribution in [0.1, 0.15) is 11.4 Å². The van der Waals surface area contributed by atoms with E-state index in [1.54, 1.807) is 0 Å². The van der Waals surface area contributed by atoms with E-state index < -0.39 is 23.5 Å². The molecule has 0 amide bonds. The van der Waals surface area contributed by atoms with Crippen molar-refractivity contribution in [3.05, 3.63) is 17.5 Å². The molecule has 1 rings (SSSR count). The van der Waals surface area contributed by atoms with Crippen LogP contribution in [0, 0.1) is 0 Å². The second-order valence-corrected chi connectivity index (χ2v) is 2.62. The topological polar surface area (TPSA) is 68.0 Å². The molecule has 0 spiro atoms. The smallest absolute Gasteiger partial charge is 0.435 e. The number of rotatable bonds is 2. The fourth-order valence-electron chi connectivity index (χ4n) is 0.964. The van der Waals surface area contributed by atoms with Crippen molar-refractivity contribution in [1.82, 2.24) is 15.0 Å². The average Bonchev–Trinajstić information content (AvgIpc) is 2.42. The Kier molecular flexibility index (Phi) is 2.78. The predicted octanol–water partition coefficient (Wildman–Crippen LogP) is 0.932. The Morgan fingerprint density at radius 2 is 2.13 bits per heavy atom. The molecule has 0 fully saturated rings. The van der Waals surface area contributed by atoms with Gasteiger partial charge in [0.05, 0.1) is 0 Å². The van der Waals surface area contributed by atoms with Crippen molar-refractivity contribution in [3.8, 4) is 0 Å². The van der Waals surface area contributed by atoms with Gasteiger partial charge in [0, 0.05) is 13.1 Å². The highest BCUT2D eigenvalue weighted by Gasteiger charge is 2.37. The second-order valence-electron chi connectivity index (χ2n) is 2.62. The Hall–Kier alpha value is -1.86. The average molecular weight is 221 g/mol. The number of carbonyl (C=O) groups is 1. The van der Waals surface area contributed by atoms with Crippen LogP contribution in [0.15, 0.2) is 6.08 Å². The SMILES string of the molecule is Cn1nnc(/C=C/C(=O)O)c1C(F)(F)F. The van der Waals surface area contributed by atoms with Gasteiger partial charge < -0.3 is 5.11 Å². The molecule has 82 valence electrons. The van der Waals surface area contributed by atoms with Crippen molar-refractivity contribution in [3.63, 3.8) is 0 Å². The number of nitrogens with zero attached hydrogens (tertiary/aromatic N) is 3. The Morgan fingerprint density at radius 3 is 2.60 bits per heavy atom. The highest BCUT2D eigenvalue weighted by atomic mass is 19.4. The molecule has 0 aromatic carbocycles. The van der Waals surface area contributed by atoms with Gasteiger partial charge in [-0.3, -0.25) is 0 Å². The van der Waals surface area contributed by atoms with Crippen molar-refractivity contribution in [1.29, 1.82) is 0 Å². The van der Waals surface area contributed by atoms with Gasteiger partial charge in [-0.2, -0.15) is 13.2 Å². The van der Waals surface area contributed by atoms with Crippen LogP contribution >= 0.6 is 0 Å². The molecule has 0 aliphatic heterocycles. The zero-order chi connectivity index (χ0) is 11.6. The minimum atomic E-state index is -4.61. The Balaban J connectivity index is 3.15. The molecular weight excluding hydrogens is 215 g/mol. The summed E-state index contributed by atoms with van der Waals surface area (Å²) in [5.74, 6) is -1.35. The van der Waals surface area contributed by atoms with Gasteiger partial charge in [0.2, 0.25) is 0 Å². The van der Waals surface area contributed by atoms with Crippen LogP contribution in [-0.4, -0.2) is 26.1 Å². The molecule has 15 heavy (non-hydrogen) atoms. The molecule has 0 bridgehead atoms. The van der Waals surface area contributed by atoms with E-state index in [4.69, 9.17) is 5.11 Å². The van der Waals surface area contributed by atoms with Gasteiger partial charge in [0.1, 0.15) is 5.69 Å². The molecule has 1 N–H and O–H groups in total. The molecule has 0 atom stereocenters. The van der Waals surface area contributed by atoms with Gasteiger partial charge in [-0.05, 0) is 6.08 Å². The number of hydrogen-bond acceptors (Lipinski definition) is 3. The van der Waals surface area contributed by atoms with Gasteiger partial charge in [0.25, 0.3) is 0 Å². The molecule has 0 radical (unpaired) electrons. The van der Waals surface area contributed by atoms with Crippen molar-refractivity contribution < 1.29 is 23.1 Å². The van der Waals surface area contributed by atoms with Crippen LogP contribution in [0.3, 0.4) is 0 Å². The lowest BCUT2D eigenvalue weighted by Gasteiger charge is -2.05. The quantitative estimate of drug-likeness (QED) is 0.754. The third-order valence-corrected chi connectivity index (χ3v) is 1.51. The first-order valence-corrected chi connectivity index (χ1v) is 3.70. The fourth-order valence-corrected chi connectivity index (χ4v) is 0.964. The molecule has 1 aromatic rings. The highest BCUT2D eigenvalue weighted by Crippen LogP contribution is 2.30. The van der Waals surface area contributed by atoms with Gasteiger partial charge >= 0.3 is 12.1 Å². The molecule has 1 heterocycles. The summed E-state index contributed by atoms with van der Waals surface area (Å²) in [6, 6.07) is 0. The third-order valence-electron chi connectivity index (χ3n) is 1.51. The summed E-state index contributed by atoms with van der Waals surface area (Å²) in [6.45, 7) is 0. The van der Waals surface area contributed by atoms with Gasteiger partial charge in [-0.1, -0.05) is 5.21 Å². The van der Waals surface area contributed by atoms with Crippen molar-refractivity contribution >= 4 is 12.0 Å². The molecule has 0 aliphatic rings. The molecule has 5 nitrogen and oxygen atoms in total. The van der Waals surface area contributed by atoms with Crippen LogP contribution < -0.4 is 0 Å². The first-order valence-electron chi connectivity index (χ1n) is 3.70. The first kappa shape index (κ1) is 11.2. The predicted molar refractivity (Wildman–Crippen MR) is 42.7 cm³/mol. The fraction of sp³-hybridized carbons (Fsp3) is 0.286. The molecular formula is C7H6F3N3O2. The molecule has 0 unspecified atom stereocenters. The maximum absolute atomic E-state index is 12.4. The minimum Gasteiger partial charge on any atom is -0.478 e. The van der Waals surface area contributed by atoms with E-state index in [9.17, 15) is 18.0 Å². The lowest BCUT2D eigenvalue weighted by Crippen LogP contribution is -2.13. The molecule has 8 heteroatoms. The zero-order valence-corrected chi connectivity index (χ0v) is 7.49. The van der Waals surface area contributed by atoms with Gasteiger partial charge in [-0.25, -0.2) is 9.48 Å². The molecule has 0 aliphatic carbocycles. The zero-order valence-electron chi connectivity index (χ0n) is 7.49. The minimum absolute atomic E-state index is 0.521. The van der Waals surface area contributed by atoms with Crippen LogP contribution in [0.25, 0.3) is 6.08 Å². The van der Waals surface area contributed by atoms with Crippen molar-refractivity contribution in [2.24, 2.45) is 7.05 Å². The summed E-state index contributed by atoms with van der Waals surface area (Å²) in [7, 11) is 1.08. The van der Waals surface area contributed by atoms with Gasteiger partial charge in [0.15, 0.2) is 5.69 Å². The standard InChI is InChI=1S/C7H6F3N3O2/c1-13-6(7(8,9)10)4(11-12-13)2-3-5(14)15/h2-3H,1H3,(H,14,15)/b3-2+. The Bertz CT molecular complexity index is 408. The number of alkyl halides is 3. The summed E-state index contributed by atoms with van der Waals surface area (Å²) >= 11 is 0. The summed E-state index contributed by atoms with van der Waals surface area (Å²) in [5.41, 5.74) is -1.60. The maximum atomic E-state index is 12.4. The monoisotopic (exact) mass is 221 g/mol. The number of aliphatic carboxylic acids is 1. The third kappa shape index (κ3) is 2.55. The number of carboxylic acids is 1. The second kappa shape index (κ2) is 3.71. The van der Waals surface area contributed by atoms with Crippen LogP contribution in [-0.2, 0) is 18.0 Å². The Morgan fingerprint density at radius 1 is 1.53 bits per heavy atom. The lowest BCUT2D eigenvalue weighted by atomic mass is 10.3. The maximum Gasteiger partial charge on any atom is 0.435 e. The van der Waals surface area contributed by atoms with E-state index in [1.807, 2.05) is 0 Å². The van der Waals surface area contributed by atoms with Gasteiger partial charge in [-0.15, -0.1) is 5.10 Å². The summed E-state index contributed by atoms with van der Waals surface area (Å²) in [4.78, 5) is 10.1. The van der Waals surface area contributed by atoms with E-state index >= 15 is 0 Å². The van der Waals surface area contributed by atoms with E-state index in [0.717, 1.165) is 13.1 Å². The molecule has 1 aromatic heterocycles. The van der Waals surface area contributed by atoms with Crippen molar-refractivity contribution in [2.75, 3.05) is 0 Å². The Labute approximate surface area is 81.8 Å². The lowest BCUT2D eigenvalue weighted by molar-refractivity contribution is -0.143. The van der Waals surface area contributed by atoms with E-state index in [-0.39, 0.29) is 0 Å². The van der Waals surface area contributed by atoms with E-state index in [0.29, 0.717) is 10.8 Å². The summed E-state index contributed by atoms with van der Waals surface area (Å²) in [5, 5.41) is 14.6. The highest BCUT2D eigenvalue weighted by molar-refractivity contribution is 5.85. The number of aryl methyl sites for hydroxylation is 1. The van der Waals surface area contributed by atoms with E-state index in [2.05, 4.69) is 10.3 Å². The summed E-state index contributed by atoms with van der Waals surface area (Å²) < 4.78 is 37.7. The molecule has 0 saturated carbocycles. The van der Waals surface area contributed by atoms with Crippen LogP contribution in [0.5, 0.6) is 0 Å². The number of hydrogen-bond donors (Lipinski definition) is 1. The summed E-state index contributed by atoms with van der Waals surface area (Å²) in [6.07, 6.45) is -3.30. The van der Waals surface area contributed by atoms with Crippen LogP contribution in [0.4, 0.5) is 13.2 Å². The first-order chi connectivity index (χ1) is 6.82.